The second kappa shape index (κ2) is 8.48. The van der Waals surface area contributed by atoms with Gasteiger partial charge in [-0.05, 0) is 68.8 Å². The first-order valence-electron chi connectivity index (χ1n) is 9.28. The maximum absolute atomic E-state index is 12.7. The van der Waals surface area contributed by atoms with Gasteiger partial charge in [0.15, 0.2) is 0 Å². The van der Waals surface area contributed by atoms with Gasteiger partial charge in [-0.1, -0.05) is 11.6 Å². The number of benzene rings is 2. The number of amides is 1. The third-order valence-corrected chi connectivity index (χ3v) is 4.99. The van der Waals surface area contributed by atoms with Crippen LogP contribution < -0.4 is 15.0 Å². The number of rotatable bonds is 6. The van der Waals surface area contributed by atoms with Crippen molar-refractivity contribution >= 4 is 39.9 Å². The Morgan fingerprint density at radius 2 is 1.89 bits per heavy atom. The van der Waals surface area contributed by atoms with E-state index in [2.05, 4.69) is 37.1 Å². The van der Waals surface area contributed by atoms with Gasteiger partial charge in [0.1, 0.15) is 11.6 Å². The quantitative estimate of drug-likeness (QED) is 0.612. The summed E-state index contributed by atoms with van der Waals surface area (Å²) in [5.41, 5.74) is 3.10. The van der Waals surface area contributed by atoms with E-state index in [-0.39, 0.29) is 5.91 Å². The van der Waals surface area contributed by atoms with E-state index in [4.69, 9.17) is 21.3 Å². The van der Waals surface area contributed by atoms with Crippen LogP contribution in [0, 0.1) is 6.92 Å². The minimum absolute atomic E-state index is 0.274. The van der Waals surface area contributed by atoms with Gasteiger partial charge in [0, 0.05) is 29.2 Å². The highest BCUT2D eigenvalue weighted by atomic mass is 35.5. The molecule has 1 heterocycles. The Balaban J connectivity index is 1.93. The van der Waals surface area contributed by atoms with Gasteiger partial charge in [-0.2, -0.15) is 0 Å². The Bertz CT molecular complexity index is 1020. The number of ether oxygens (including phenoxy) is 1. The van der Waals surface area contributed by atoms with Gasteiger partial charge in [-0.25, -0.2) is 4.98 Å². The summed E-state index contributed by atoms with van der Waals surface area (Å²) in [5, 5.41) is 4.41. The van der Waals surface area contributed by atoms with Gasteiger partial charge in [0.25, 0.3) is 5.91 Å². The number of halogens is 1. The van der Waals surface area contributed by atoms with E-state index in [1.165, 1.54) is 7.11 Å². The lowest BCUT2D eigenvalue weighted by Gasteiger charge is -2.21. The van der Waals surface area contributed by atoms with Crippen molar-refractivity contribution in [2.75, 3.05) is 30.4 Å². The van der Waals surface area contributed by atoms with Gasteiger partial charge < -0.3 is 15.0 Å². The summed E-state index contributed by atoms with van der Waals surface area (Å²) in [5.74, 6) is 1.17. The zero-order valence-corrected chi connectivity index (χ0v) is 17.3. The summed E-state index contributed by atoms with van der Waals surface area (Å²) < 4.78 is 5.27. The predicted octanol–water partition coefficient (Wildman–Crippen LogP) is 5.30. The Morgan fingerprint density at radius 3 is 2.57 bits per heavy atom. The van der Waals surface area contributed by atoms with E-state index in [1.807, 2.05) is 18.2 Å². The van der Waals surface area contributed by atoms with Crippen molar-refractivity contribution in [1.29, 1.82) is 0 Å². The van der Waals surface area contributed by atoms with Crippen LogP contribution in [0.2, 0.25) is 5.02 Å². The monoisotopic (exact) mass is 397 g/mol. The molecule has 28 heavy (non-hydrogen) atoms. The van der Waals surface area contributed by atoms with Crippen LogP contribution in [0.3, 0.4) is 0 Å². The largest absolute Gasteiger partial charge is 0.496 e. The Labute approximate surface area is 170 Å². The number of fused-ring (bicyclic) bond motifs is 1. The second-order valence-electron chi connectivity index (χ2n) is 6.50. The SMILES string of the molecule is CCN(CC)c1cc(C)c2cc(NC(=O)c3cc(Cl)ccc3OC)ccc2n1. The molecule has 3 aromatic rings. The molecule has 0 bridgehead atoms. The topological polar surface area (TPSA) is 54.5 Å². The lowest BCUT2D eigenvalue weighted by Crippen LogP contribution is -2.23. The Kier molecular flexibility index (Phi) is 6.05. The van der Waals surface area contributed by atoms with Crippen LogP contribution in [0.25, 0.3) is 10.9 Å². The van der Waals surface area contributed by atoms with Crippen molar-refractivity contribution in [3.8, 4) is 5.75 Å². The van der Waals surface area contributed by atoms with Crippen LogP contribution in [0.1, 0.15) is 29.8 Å². The standard InChI is InChI=1S/C22H24ClN3O2/c1-5-26(6-2)21-11-14(3)17-13-16(8-9-19(17)25-21)24-22(27)18-12-15(23)7-10-20(18)28-4/h7-13H,5-6H2,1-4H3,(H,24,27). The van der Waals surface area contributed by atoms with E-state index in [0.717, 1.165) is 35.4 Å². The number of anilines is 2. The van der Waals surface area contributed by atoms with Crippen LogP contribution >= 0.6 is 11.6 Å². The molecule has 1 aromatic heterocycles. The Hall–Kier alpha value is -2.79. The summed E-state index contributed by atoms with van der Waals surface area (Å²) >= 11 is 6.04. The highest BCUT2D eigenvalue weighted by molar-refractivity contribution is 6.31. The third-order valence-electron chi connectivity index (χ3n) is 4.75. The highest BCUT2D eigenvalue weighted by Crippen LogP contribution is 2.27. The Morgan fingerprint density at radius 1 is 1.14 bits per heavy atom. The molecule has 1 N–H and O–H groups in total. The van der Waals surface area contributed by atoms with Crippen LogP contribution in [-0.4, -0.2) is 31.1 Å². The minimum Gasteiger partial charge on any atom is -0.496 e. The third kappa shape index (κ3) is 4.04. The van der Waals surface area contributed by atoms with Crippen LogP contribution in [0.4, 0.5) is 11.5 Å². The smallest absolute Gasteiger partial charge is 0.259 e. The number of methoxy groups -OCH3 is 1. The molecule has 0 unspecified atom stereocenters. The van der Waals surface area contributed by atoms with Crippen molar-refractivity contribution in [1.82, 2.24) is 4.98 Å². The number of carbonyl (C=O) groups excluding carboxylic acids is 1. The van der Waals surface area contributed by atoms with Gasteiger partial charge in [0.2, 0.25) is 0 Å². The van der Waals surface area contributed by atoms with Crippen molar-refractivity contribution in [3.63, 3.8) is 0 Å². The molecule has 0 spiro atoms. The molecule has 0 fully saturated rings. The van der Waals surface area contributed by atoms with E-state index in [1.54, 1.807) is 18.2 Å². The molecule has 0 saturated carbocycles. The number of aromatic nitrogens is 1. The van der Waals surface area contributed by atoms with E-state index in [0.29, 0.717) is 22.0 Å². The van der Waals surface area contributed by atoms with Crippen LogP contribution in [0.15, 0.2) is 42.5 Å². The first-order valence-corrected chi connectivity index (χ1v) is 9.65. The maximum atomic E-state index is 12.7. The molecule has 0 aliphatic carbocycles. The van der Waals surface area contributed by atoms with E-state index < -0.39 is 0 Å². The first-order chi connectivity index (χ1) is 13.5. The number of hydrogen-bond donors (Lipinski definition) is 1. The average Bonchev–Trinajstić information content (AvgIpc) is 2.69. The molecule has 0 aliphatic heterocycles. The number of pyridine rings is 1. The predicted molar refractivity (Wildman–Crippen MR) is 116 cm³/mol. The van der Waals surface area contributed by atoms with Gasteiger partial charge in [-0.15, -0.1) is 0 Å². The average molecular weight is 398 g/mol. The van der Waals surface area contributed by atoms with Gasteiger partial charge in [-0.3, -0.25) is 4.79 Å². The molecule has 0 aliphatic rings. The number of carbonyl (C=O) groups is 1. The van der Waals surface area contributed by atoms with E-state index in [9.17, 15) is 4.79 Å². The van der Waals surface area contributed by atoms with Gasteiger partial charge >= 0.3 is 0 Å². The molecule has 0 radical (unpaired) electrons. The summed E-state index contributed by atoms with van der Waals surface area (Å²) in [7, 11) is 1.53. The number of nitrogens with zero attached hydrogens (tertiary/aromatic N) is 2. The van der Waals surface area contributed by atoms with Crippen molar-refractivity contribution in [2.45, 2.75) is 20.8 Å². The van der Waals surface area contributed by atoms with Crippen molar-refractivity contribution in [2.24, 2.45) is 0 Å². The normalized spacial score (nSPS) is 10.8. The number of hydrogen-bond acceptors (Lipinski definition) is 4. The maximum Gasteiger partial charge on any atom is 0.259 e. The minimum atomic E-state index is -0.274. The summed E-state index contributed by atoms with van der Waals surface area (Å²) in [6.45, 7) is 8.11. The van der Waals surface area contributed by atoms with Gasteiger partial charge in [0.05, 0.1) is 18.2 Å². The fourth-order valence-corrected chi connectivity index (χ4v) is 3.39. The lowest BCUT2D eigenvalue weighted by atomic mass is 10.1. The molecular formula is C22H24ClN3O2. The summed E-state index contributed by atoms with van der Waals surface area (Å²) in [6, 6.07) is 12.8. The van der Waals surface area contributed by atoms with Crippen LogP contribution in [0.5, 0.6) is 5.75 Å². The molecule has 0 saturated heterocycles. The second-order valence-corrected chi connectivity index (χ2v) is 6.94. The molecule has 146 valence electrons. The van der Waals surface area contributed by atoms with Crippen LogP contribution in [-0.2, 0) is 0 Å². The zero-order valence-electron chi connectivity index (χ0n) is 16.5. The summed E-state index contributed by atoms with van der Waals surface area (Å²) in [6.07, 6.45) is 0. The zero-order chi connectivity index (χ0) is 20.3. The number of aryl methyl sites for hydroxylation is 1. The molecule has 1 amide bonds. The van der Waals surface area contributed by atoms with Crippen molar-refractivity contribution in [3.05, 3.63) is 58.6 Å². The number of nitrogens with one attached hydrogen (secondary N) is 1. The van der Waals surface area contributed by atoms with Crippen molar-refractivity contribution < 1.29 is 9.53 Å². The first kappa shape index (κ1) is 20.0. The fourth-order valence-electron chi connectivity index (χ4n) is 3.22. The molecular weight excluding hydrogens is 374 g/mol. The molecule has 2 aromatic carbocycles. The summed E-state index contributed by atoms with van der Waals surface area (Å²) in [4.78, 5) is 19.7. The molecule has 6 heteroatoms. The van der Waals surface area contributed by atoms with E-state index >= 15 is 0 Å². The molecule has 0 atom stereocenters. The highest BCUT2D eigenvalue weighted by Gasteiger charge is 2.14. The molecule has 5 nitrogen and oxygen atoms in total. The molecule has 3 rings (SSSR count). The lowest BCUT2D eigenvalue weighted by molar-refractivity contribution is 0.102. The fraction of sp³-hybridized carbons (Fsp3) is 0.273.